The molecule has 0 heterocycles. The second kappa shape index (κ2) is 16.2. The van der Waals surface area contributed by atoms with E-state index in [1.165, 1.54) is 11.1 Å². The first-order valence-electron chi connectivity index (χ1n) is 3.27. The van der Waals surface area contributed by atoms with Crippen LogP contribution in [-0.2, 0) is 0 Å². The van der Waals surface area contributed by atoms with Gasteiger partial charge in [-0.1, -0.05) is 32.9 Å². The lowest BCUT2D eigenvalue weighted by Gasteiger charge is -1.79. The van der Waals surface area contributed by atoms with Gasteiger partial charge in [0.25, 0.3) is 0 Å². The summed E-state index contributed by atoms with van der Waals surface area (Å²) in [4.78, 5) is 0. The van der Waals surface area contributed by atoms with Gasteiger partial charge in [0, 0.05) is 0 Å². The first-order chi connectivity index (χ1) is 4.00. The van der Waals surface area contributed by atoms with Crippen LogP contribution >= 0.6 is 0 Å². The molecule has 0 amide bonds. The molecule has 0 saturated carbocycles. The van der Waals surface area contributed by atoms with E-state index in [0.717, 1.165) is 6.42 Å². The molecule has 0 spiro atoms. The standard InChI is InChI=1S/C5H10.C4H8.2CH4/c1-4-5(2)3;1-4(2)3;;/h2,4H2,1,3H3;1H2,2-3H3;2*1H4. The monoisotopic (exact) mass is 158 g/mol. The average molecular weight is 158 g/mol. The van der Waals surface area contributed by atoms with Crippen LogP contribution in [0.4, 0.5) is 0 Å². The third-order valence-corrected chi connectivity index (χ3v) is 0.604. The summed E-state index contributed by atoms with van der Waals surface area (Å²) in [5, 5.41) is 0. The lowest BCUT2D eigenvalue weighted by molar-refractivity contribution is 1.11. The lowest BCUT2D eigenvalue weighted by atomic mass is 10.3. The molecule has 0 bridgehead atoms. The van der Waals surface area contributed by atoms with Crippen molar-refractivity contribution in [1.29, 1.82) is 0 Å². The molecule has 0 saturated heterocycles. The Morgan fingerprint density at radius 3 is 1.09 bits per heavy atom. The van der Waals surface area contributed by atoms with Crippen molar-refractivity contribution in [3.63, 3.8) is 0 Å². The number of allylic oxidation sites excluding steroid dienone is 2. The number of rotatable bonds is 1. The van der Waals surface area contributed by atoms with Crippen LogP contribution in [0.5, 0.6) is 0 Å². The van der Waals surface area contributed by atoms with Gasteiger partial charge in [0.2, 0.25) is 0 Å². The highest BCUT2D eigenvalue weighted by Crippen LogP contribution is 1.88. The van der Waals surface area contributed by atoms with Gasteiger partial charge in [-0.05, 0) is 27.2 Å². The van der Waals surface area contributed by atoms with E-state index in [2.05, 4.69) is 20.1 Å². The maximum atomic E-state index is 3.67. The Kier molecular flexibility index (Phi) is 33.1. The Morgan fingerprint density at radius 1 is 1.00 bits per heavy atom. The van der Waals surface area contributed by atoms with Gasteiger partial charge in [-0.3, -0.25) is 0 Å². The largest absolute Gasteiger partial charge is 0.100 e. The predicted molar refractivity (Wildman–Crippen MR) is 59.1 cm³/mol. The van der Waals surface area contributed by atoms with Gasteiger partial charge in [-0.15, -0.1) is 13.2 Å². The fourth-order valence-corrected chi connectivity index (χ4v) is 0. The SMILES string of the molecule is C.C.C=C(C)C.C=C(C)CC. The third kappa shape index (κ3) is 242. The zero-order valence-electron chi connectivity index (χ0n) is 7.12. The number of hydrogen-bond donors (Lipinski definition) is 0. The first-order valence-corrected chi connectivity index (χ1v) is 3.27. The molecular weight excluding hydrogens is 132 g/mol. The normalized spacial score (nSPS) is 5.82. The molecular formula is C11H26. The second-order valence-electron chi connectivity index (χ2n) is 2.52. The molecule has 0 aliphatic rings. The molecule has 11 heavy (non-hydrogen) atoms. The van der Waals surface area contributed by atoms with E-state index in [4.69, 9.17) is 0 Å². The molecule has 0 unspecified atom stereocenters. The molecule has 0 heteroatoms. The van der Waals surface area contributed by atoms with E-state index in [0.29, 0.717) is 0 Å². The maximum Gasteiger partial charge on any atom is -0.0354 e. The van der Waals surface area contributed by atoms with Crippen molar-refractivity contribution < 1.29 is 0 Å². The molecule has 0 aromatic carbocycles. The fraction of sp³-hybridized carbons (Fsp3) is 0.636. The predicted octanol–water partition coefficient (Wildman–Crippen LogP) is 4.83. The van der Waals surface area contributed by atoms with E-state index in [1.54, 1.807) is 0 Å². The van der Waals surface area contributed by atoms with Crippen molar-refractivity contribution in [3.05, 3.63) is 24.3 Å². The summed E-state index contributed by atoms with van der Waals surface area (Å²) in [7, 11) is 0. The summed E-state index contributed by atoms with van der Waals surface area (Å²) < 4.78 is 0. The van der Waals surface area contributed by atoms with Crippen LogP contribution in [0.15, 0.2) is 24.3 Å². The van der Waals surface area contributed by atoms with E-state index in [-0.39, 0.29) is 14.9 Å². The van der Waals surface area contributed by atoms with E-state index in [1.807, 2.05) is 20.8 Å². The van der Waals surface area contributed by atoms with Crippen LogP contribution in [0, 0.1) is 0 Å². The minimum absolute atomic E-state index is 0. The van der Waals surface area contributed by atoms with Crippen LogP contribution in [0.2, 0.25) is 0 Å². The maximum absolute atomic E-state index is 3.67. The van der Waals surface area contributed by atoms with Gasteiger partial charge in [0.1, 0.15) is 0 Å². The van der Waals surface area contributed by atoms with Crippen molar-refractivity contribution in [2.45, 2.75) is 49.0 Å². The molecule has 0 aromatic rings. The molecule has 0 fully saturated rings. The van der Waals surface area contributed by atoms with Crippen LogP contribution in [0.1, 0.15) is 49.0 Å². The van der Waals surface area contributed by atoms with E-state index >= 15 is 0 Å². The Morgan fingerprint density at radius 2 is 1.09 bits per heavy atom. The topological polar surface area (TPSA) is 0 Å². The summed E-state index contributed by atoms with van der Waals surface area (Å²) in [6.07, 6.45) is 1.11. The average Bonchev–Trinajstić information content (AvgIpc) is 1.65. The summed E-state index contributed by atoms with van der Waals surface area (Å²) in [5.74, 6) is 0. The van der Waals surface area contributed by atoms with Gasteiger partial charge >= 0.3 is 0 Å². The first kappa shape index (κ1) is 22.4. The molecule has 70 valence electrons. The summed E-state index contributed by atoms with van der Waals surface area (Å²) in [6.45, 7) is 15.3. The van der Waals surface area contributed by atoms with Gasteiger partial charge < -0.3 is 0 Å². The van der Waals surface area contributed by atoms with Crippen molar-refractivity contribution in [2.75, 3.05) is 0 Å². The van der Waals surface area contributed by atoms with Crippen molar-refractivity contribution >= 4 is 0 Å². The fourth-order valence-electron chi connectivity index (χ4n) is 0. The van der Waals surface area contributed by atoms with Gasteiger partial charge in [-0.25, -0.2) is 0 Å². The summed E-state index contributed by atoms with van der Waals surface area (Å²) in [5.41, 5.74) is 2.42. The van der Waals surface area contributed by atoms with Crippen LogP contribution in [0.3, 0.4) is 0 Å². The van der Waals surface area contributed by atoms with Gasteiger partial charge in [0.05, 0.1) is 0 Å². The van der Waals surface area contributed by atoms with Crippen molar-refractivity contribution in [1.82, 2.24) is 0 Å². The Labute approximate surface area is 74.0 Å². The van der Waals surface area contributed by atoms with Gasteiger partial charge in [0.15, 0.2) is 0 Å². The molecule has 0 N–H and O–H groups in total. The summed E-state index contributed by atoms with van der Waals surface area (Å²) in [6, 6.07) is 0. The quantitative estimate of drug-likeness (QED) is 0.480. The summed E-state index contributed by atoms with van der Waals surface area (Å²) >= 11 is 0. The Bertz CT molecular complexity index is 84.2. The van der Waals surface area contributed by atoms with E-state index < -0.39 is 0 Å². The van der Waals surface area contributed by atoms with Crippen LogP contribution in [-0.4, -0.2) is 0 Å². The third-order valence-electron chi connectivity index (χ3n) is 0.604. The van der Waals surface area contributed by atoms with Crippen LogP contribution < -0.4 is 0 Å². The second-order valence-corrected chi connectivity index (χ2v) is 2.52. The molecule has 0 nitrogen and oxygen atoms in total. The minimum atomic E-state index is 0. The molecule has 0 aliphatic heterocycles. The molecule has 0 aromatic heterocycles. The Balaban J connectivity index is -0.0000000383. The van der Waals surface area contributed by atoms with E-state index in [9.17, 15) is 0 Å². The highest BCUT2D eigenvalue weighted by atomic mass is 13.7. The van der Waals surface area contributed by atoms with Crippen molar-refractivity contribution in [3.8, 4) is 0 Å². The zero-order chi connectivity index (χ0) is 7.86. The molecule has 0 radical (unpaired) electrons. The Hall–Kier alpha value is -0.520. The van der Waals surface area contributed by atoms with Crippen molar-refractivity contribution in [2.24, 2.45) is 0 Å². The minimum Gasteiger partial charge on any atom is -0.100 e. The van der Waals surface area contributed by atoms with Gasteiger partial charge in [-0.2, -0.15) is 0 Å². The molecule has 0 rings (SSSR count). The molecule has 0 atom stereocenters. The smallest absolute Gasteiger partial charge is 0.0354 e. The highest BCUT2D eigenvalue weighted by Gasteiger charge is 1.67. The number of hydrogen-bond acceptors (Lipinski definition) is 0. The lowest BCUT2D eigenvalue weighted by Crippen LogP contribution is -1.58. The highest BCUT2D eigenvalue weighted by molar-refractivity contribution is 4.84. The zero-order valence-corrected chi connectivity index (χ0v) is 7.12. The molecule has 0 aliphatic carbocycles. The van der Waals surface area contributed by atoms with Crippen LogP contribution in [0.25, 0.3) is 0 Å².